The van der Waals surface area contributed by atoms with Gasteiger partial charge < -0.3 is 10.2 Å². The summed E-state index contributed by atoms with van der Waals surface area (Å²) in [6.45, 7) is 11.6. The minimum Gasteiger partial charge on any atom is -0.397 e. The first kappa shape index (κ1) is 22.2. The maximum atomic E-state index is 8.94. The van der Waals surface area contributed by atoms with E-state index in [1.54, 1.807) is 6.92 Å². The van der Waals surface area contributed by atoms with Crippen molar-refractivity contribution in [1.82, 2.24) is 0 Å². The molecule has 0 aromatic carbocycles. The second kappa shape index (κ2) is 17.0. The third-order valence-electron chi connectivity index (χ3n) is 3.90. The highest BCUT2D eigenvalue weighted by Gasteiger charge is 2.07. The summed E-state index contributed by atoms with van der Waals surface area (Å²) < 4.78 is 0. The van der Waals surface area contributed by atoms with E-state index in [1.807, 2.05) is 0 Å². The van der Waals surface area contributed by atoms with Crippen LogP contribution >= 0.6 is 0 Å². The first-order valence-electron chi connectivity index (χ1n) is 8.73. The Bertz CT molecular complexity index is 169. The van der Waals surface area contributed by atoms with Crippen LogP contribution in [0.2, 0.25) is 0 Å². The van der Waals surface area contributed by atoms with Gasteiger partial charge in [0.1, 0.15) is 0 Å². The summed E-state index contributed by atoms with van der Waals surface area (Å²) in [5, 5.41) is 16.5. The molecule has 2 N–H and O–H groups in total. The van der Waals surface area contributed by atoms with Gasteiger partial charge in [-0.3, -0.25) is 0 Å². The topological polar surface area (TPSA) is 40.5 Å². The van der Waals surface area contributed by atoms with Crippen molar-refractivity contribution in [1.29, 1.82) is 0 Å². The van der Waals surface area contributed by atoms with E-state index in [4.69, 9.17) is 10.2 Å². The molecule has 0 spiro atoms. The smallest absolute Gasteiger partial charge is 0.0433 e. The van der Waals surface area contributed by atoms with Crippen LogP contribution in [-0.4, -0.2) is 23.4 Å². The van der Waals surface area contributed by atoms with Crippen LogP contribution in [0.25, 0.3) is 0 Å². The Morgan fingerprint density at radius 3 is 1.65 bits per heavy atom. The zero-order valence-electron chi connectivity index (χ0n) is 14.7. The van der Waals surface area contributed by atoms with Gasteiger partial charge in [0.15, 0.2) is 0 Å². The van der Waals surface area contributed by atoms with Crippen LogP contribution in [-0.2, 0) is 0 Å². The van der Waals surface area contributed by atoms with E-state index in [0.717, 1.165) is 24.2 Å². The fraction of sp³-hybridized carbons (Fsp3) is 1.00. The molecule has 0 aliphatic carbocycles. The Balaban J connectivity index is 0. The van der Waals surface area contributed by atoms with E-state index in [-0.39, 0.29) is 6.61 Å². The number of hydrogen-bond acceptors (Lipinski definition) is 2. The van der Waals surface area contributed by atoms with Crippen molar-refractivity contribution in [2.75, 3.05) is 13.2 Å². The van der Waals surface area contributed by atoms with E-state index >= 15 is 0 Å². The van der Waals surface area contributed by atoms with Gasteiger partial charge in [0.2, 0.25) is 0 Å². The molecule has 0 aliphatic heterocycles. The minimum absolute atomic E-state index is 0.250. The quantitative estimate of drug-likeness (QED) is 0.560. The van der Waals surface area contributed by atoms with E-state index in [9.17, 15) is 0 Å². The molecule has 2 unspecified atom stereocenters. The molecular formula is C18H40O2. The Morgan fingerprint density at radius 1 is 0.750 bits per heavy atom. The third-order valence-corrected chi connectivity index (χ3v) is 3.90. The molecule has 0 amide bonds. The summed E-state index contributed by atoms with van der Waals surface area (Å²) in [5.41, 5.74) is 0. The molecule has 0 aromatic heterocycles. The third kappa shape index (κ3) is 17.9. The summed E-state index contributed by atoms with van der Waals surface area (Å²) in [6, 6.07) is 0. The van der Waals surface area contributed by atoms with Crippen LogP contribution in [0.3, 0.4) is 0 Å². The highest BCUT2D eigenvalue weighted by Crippen LogP contribution is 2.21. The molecule has 0 fully saturated rings. The molecule has 0 saturated carbocycles. The summed E-state index contributed by atoms with van der Waals surface area (Å²) in [6.07, 6.45) is 10.4. The predicted octanol–water partition coefficient (Wildman–Crippen LogP) is 5.03. The SMILES string of the molecule is CCC(CCO)CCCC(C)CCCC(C)C.CCO. The van der Waals surface area contributed by atoms with Crippen LogP contribution in [0.4, 0.5) is 0 Å². The molecule has 0 aliphatic rings. The molecule has 2 atom stereocenters. The first-order valence-corrected chi connectivity index (χ1v) is 8.73. The highest BCUT2D eigenvalue weighted by atomic mass is 16.3. The molecule has 0 heterocycles. The Kier molecular flexibility index (Phi) is 18.8. The molecule has 0 radical (unpaired) electrons. The Morgan fingerprint density at radius 2 is 1.25 bits per heavy atom. The normalized spacial score (nSPS) is 13.8. The second-order valence-electron chi connectivity index (χ2n) is 6.46. The summed E-state index contributed by atoms with van der Waals surface area (Å²) in [5.74, 6) is 2.50. The fourth-order valence-corrected chi connectivity index (χ4v) is 2.51. The Hall–Kier alpha value is -0.0800. The monoisotopic (exact) mass is 288 g/mol. The van der Waals surface area contributed by atoms with Crippen LogP contribution in [0.5, 0.6) is 0 Å². The second-order valence-corrected chi connectivity index (χ2v) is 6.46. The number of aliphatic hydroxyl groups excluding tert-OH is 2. The van der Waals surface area contributed by atoms with Gasteiger partial charge in [0.05, 0.1) is 0 Å². The van der Waals surface area contributed by atoms with Crippen molar-refractivity contribution in [2.24, 2.45) is 17.8 Å². The van der Waals surface area contributed by atoms with Gasteiger partial charge in [-0.05, 0) is 31.1 Å². The average molecular weight is 289 g/mol. The van der Waals surface area contributed by atoms with Crippen molar-refractivity contribution >= 4 is 0 Å². The largest absolute Gasteiger partial charge is 0.397 e. The number of rotatable bonds is 11. The standard InChI is InChI=1S/C16H34O.C2H6O/c1-5-16(12-13-17)11-7-10-15(4)9-6-8-14(2)3;1-2-3/h14-17H,5-13H2,1-4H3;3H,2H2,1H3. The average Bonchev–Trinajstić information content (AvgIpc) is 2.38. The zero-order valence-corrected chi connectivity index (χ0v) is 14.7. The lowest BCUT2D eigenvalue weighted by molar-refractivity contribution is 0.245. The predicted molar refractivity (Wildman–Crippen MR) is 89.9 cm³/mol. The van der Waals surface area contributed by atoms with Crippen LogP contribution in [0.1, 0.15) is 86.0 Å². The van der Waals surface area contributed by atoms with Crippen molar-refractivity contribution < 1.29 is 10.2 Å². The van der Waals surface area contributed by atoms with Gasteiger partial charge in [0.25, 0.3) is 0 Å². The van der Waals surface area contributed by atoms with Gasteiger partial charge in [0, 0.05) is 13.2 Å². The van der Waals surface area contributed by atoms with Crippen LogP contribution in [0.15, 0.2) is 0 Å². The van der Waals surface area contributed by atoms with E-state index in [0.29, 0.717) is 6.61 Å². The summed E-state index contributed by atoms with van der Waals surface area (Å²) in [4.78, 5) is 0. The van der Waals surface area contributed by atoms with Gasteiger partial charge in [-0.15, -0.1) is 0 Å². The van der Waals surface area contributed by atoms with Crippen molar-refractivity contribution in [3.8, 4) is 0 Å². The van der Waals surface area contributed by atoms with Gasteiger partial charge in [-0.25, -0.2) is 0 Å². The van der Waals surface area contributed by atoms with E-state index in [2.05, 4.69) is 27.7 Å². The summed E-state index contributed by atoms with van der Waals surface area (Å²) in [7, 11) is 0. The van der Waals surface area contributed by atoms with Crippen molar-refractivity contribution in [2.45, 2.75) is 86.0 Å². The lowest BCUT2D eigenvalue weighted by Crippen LogP contribution is -2.03. The molecule has 2 nitrogen and oxygen atoms in total. The first-order chi connectivity index (χ1) is 9.51. The minimum atomic E-state index is 0.250. The molecule has 124 valence electrons. The zero-order chi connectivity index (χ0) is 15.8. The van der Waals surface area contributed by atoms with Gasteiger partial charge in [-0.1, -0.05) is 72.6 Å². The summed E-state index contributed by atoms with van der Waals surface area (Å²) >= 11 is 0. The van der Waals surface area contributed by atoms with E-state index in [1.165, 1.54) is 44.9 Å². The molecule has 0 rings (SSSR count). The van der Waals surface area contributed by atoms with Crippen molar-refractivity contribution in [3.05, 3.63) is 0 Å². The highest BCUT2D eigenvalue weighted by molar-refractivity contribution is 4.60. The Labute approximate surface area is 128 Å². The fourth-order valence-electron chi connectivity index (χ4n) is 2.51. The van der Waals surface area contributed by atoms with Crippen LogP contribution < -0.4 is 0 Å². The van der Waals surface area contributed by atoms with Crippen molar-refractivity contribution in [3.63, 3.8) is 0 Å². The number of hydrogen-bond donors (Lipinski definition) is 2. The molecule has 0 saturated heterocycles. The lowest BCUT2D eigenvalue weighted by Gasteiger charge is -2.16. The molecule has 2 heteroatoms. The number of aliphatic hydroxyl groups is 2. The van der Waals surface area contributed by atoms with Gasteiger partial charge >= 0.3 is 0 Å². The van der Waals surface area contributed by atoms with Gasteiger partial charge in [-0.2, -0.15) is 0 Å². The van der Waals surface area contributed by atoms with E-state index < -0.39 is 0 Å². The molecule has 0 bridgehead atoms. The molecule has 0 aromatic rings. The van der Waals surface area contributed by atoms with Crippen LogP contribution in [0, 0.1) is 17.8 Å². The molecule has 20 heavy (non-hydrogen) atoms. The molecular weight excluding hydrogens is 248 g/mol. The maximum absolute atomic E-state index is 8.94. The maximum Gasteiger partial charge on any atom is 0.0433 e. The lowest BCUT2D eigenvalue weighted by atomic mass is 9.91.